The largest absolute Gasteiger partial charge is 0.497 e. The maximum Gasteiger partial charge on any atom is 0.242 e. The molecule has 0 aromatic heterocycles. The minimum absolute atomic E-state index is 0.0982. The van der Waals surface area contributed by atoms with E-state index in [2.05, 4.69) is 4.99 Å². The molecule has 0 aliphatic carbocycles. The van der Waals surface area contributed by atoms with Gasteiger partial charge in [0, 0.05) is 6.54 Å². The van der Waals surface area contributed by atoms with Crippen LogP contribution in [-0.2, 0) is 11.2 Å². The Balaban J connectivity index is 1.81. The van der Waals surface area contributed by atoms with Crippen molar-refractivity contribution in [1.29, 1.82) is 0 Å². The lowest BCUT2D eigenvalue weighted by Crippen LogP contribution is -2.32. The van der Waals surface area contributed by atoms with Gasteiger partial charge in [-0.3, -0.25) is 9.69 Å². The molecule has 1 aliphatic heterocycles. The van der Waals surface area contributed by atoms with Gasteiger partial charge in [0.25, 0.3) is 0 Å². The van der Waals surface area contributed by atoms with Crippen LogP contribution in [0.3, 0.4) is 0 Å². The van der Waals surface area contributed by atoms with Crippen LogP contribution in [0.25, 0.3) is 0 Å². The van der Waals surface area contributed by atoms with Crippen molar-refractivity contribution in [3.8, 4) is 11.5 Å². The minimum Gasteiger partial charge on any atom is -0.497 e. The third-order valence-electron chi connectivity index (χ3n) is 4.31. The molecule has 0 unspecified atom stereocenters. The number of benzene rings is 2. The zero-order valence-corrected chi connectivity index (χ0v) is 16.7. The summed E-state index contributed by atoms with van der Waals surface area (Å²) in [6.45, 7) is 5.14. The van der Waals surface area contributed by atoms with E-state index in [-0.39, 0.29) is 11.2 Å². The first-order valence-corrected chi connectivity index (χ1v) is 9.95. The molecule has 1 atom stereocenters. The number of ether oxygens (including phenoxy) is 2. The molecule has 1 heterocycles. The second kappa shape index (κ2) is 8.95. The molecule has 1 amide bonds. The summed E-state index contributed by atoms with van der Waals surface area (Å²) in [5.41, 5.74) is 1.85. The topological polar surface area (TPSA) is 51.1 Å². The quantitative estimate of drug-likeness (QED) is 0.715. The minimum atomic E-state index is -0.191. The van der Waals surface area contributed by atoms with Crippen molar-refractivity contribution in [3.63, 3.8) is 0 Å². The van der Waals surface area contributed by atoms with Crippen LogP contribution in [0.15, 0.2) is 53.5 Å². The normalized spacial score (nSPS) is 18.2. The van der Waals surface area contributed by atoms with Gasteiger partial charge in [-0.2, -0.15) is 0 Å². The third-order valence-corrected chi connectivity index (χ3v) is 5.49. The molecular formula is C21H24N2O3S. The first kappa shape index (κ1) is 19.3. The average molecular weight is 385 g/mol. The Morgan fingerprint density at radius 2 is 1.85 bits per heavy atom. The number of methoxy groups -OCH3 is 1. The van der Waals surface area contributed by atoms with Crippen LogP contribution >= 0.6 is 11.8 Å². The molecule has 0 spiro atoms. The van der Waals surface area contributed by atoms with Gasteiger partial charge < -0.3 is 9.47 Å². The fraction of sp³-hybridized carbons (Fsp3) is 0.333. The standard InChI is InChI=1S/C21H24N2O3S/c1-4-23-20(24)19(14-15-8-6-7-9-18(15)26-5-2)27-21(23)22-16-10-12-17(25-3)13-11-16/h6-13,19H,4-5,14H2,1-3H3/t19-/m1/s1. The lowest BCUT2D eigenvalue weighted by atomic mass is 10.1. The monoisotopic (exact) mass is 384 g/mol. The van der Waals surface area contributed by atoms with Crippen LogP contribution < -0.4 is 9.47 Å². The molecule has 2 aromatic carbocycles. The van der Waals surface area contributed by atoms with Gasteiger partial charge in [-0.05, 0) is 56.2 Å². The molecule has 0 radical (unpaired) electrons. The first-order chi connectivity index (χ1) is 13.2. The van der Waals surface area contributed by atoms with E-state index in [0.717, 1.165) is 27.9 Å². The van der Waals surface area contributed by atoms with E-state index in [1.165, 1.54) is 11.8 Å². The molecule has 27 heavy (non-hydrogen) atoms. The number of hydrogen-bond donors (Lipinski definition) is 0. The summed E-state index contributed by atoms with van der Waals surface area (Å²) in [6.07, 6.45) is 0.623. The van der Waals surface area contributed by atoms with E-state index >= 15 is 0 Å². The highest BCUT2D eigenvalue weighted by atomic mass is 32.2. The van der Waals surface area contributed by atoms with Crippen LogP contribution in [-0.4, -0.2) is 41.5 Å². The van der Waals surface area contributed by atoms with Gasteiger partial charge in [0.1, 0.15) is 11.5 Å². The summed E-state index contributed by atoms with van der Waals surface area (Å²) < 4.78 is 10.9. The van der Waals surface area contributed by atoms with E-state index in [1.807, 2.05) is 62.4 Å². The van der Waals surface area contributed by atoms with Gasteiger partial charge in [-0.25, -0.2) is 4.99 Å². The number of carbonyl (C=O) groups is 1. The second-order valence-electron chi connectivity index (χ2n) is 6.03. The number of aliphatic imine (C=N–C) groups is 1. The van der Waals surface area contributed by atoms with Crippen LogP contribution in [0.1, 0.15) is 19.4 Å². The molecule has 3 rings (SSSR count). The van der Waals surface area contributed by atoms with Crippen LogP contribution in [0.2, 0.25) is 0 Å². The number of para-hydroxylation sites is 1. The van der Waals surface area contributed by atoms with Crippen LogP contribution in [0, 0.1) is 0 Å². The van der Waals surface area contributed by atoms with Gasteiger partial charge in [-0.15, -0.1) is 0 Å². The first-order valence-electron chi connectivity index (χ1n) is 9.07. The van der Waals surface area contributed by atoms with Crippen molar-refractivity contribution in [2.75, 3.05) is 20.3 Å². The lowest BCUT2D eigenvalue weighted by molar-refractivity contribution is -0.126. The zero-order chi connectivity index (χ0) is 19.2. The number of amides is 1. The van der Waals surface area contributed by atoms with E-state index < -0.39 is 0 Å². The molecular weight excluding hydrogens is 360 g/mol. The lowest BCUT2D eigenvalue weighted by Gasteiger charge is -2.14. The van der Waals surface area contributed by atoms with E-state index in [4.69, 9.17) is 9.47 Å². The Bertz CT molecular complexity index is 820. The Hall–Kier alpha value is -2.47. The highest BCUT2D eigenvalue weighted by molar-refractivity contribution is 8.15. The molecule has 0 saturated carbocycles. The number of thioether (sulfide) groups is 1. The van der Waals surface area contributed by atoms with Crippen molar-refractivity contribution >= 4 is 28.5 Å². The van der Waals surface area contributed by atoms with Gasteiger partial charge in [-0.1, -0.05) is 30.0 Å². The van der Waals surface area contributed by atoms with Crippen molar-refractivity contribution < 1.29 is 14.3 Å². The molecule has 0 N–H and O–H groups in total. The predicted octanol–water partition coefficient (Wildman–Crippen LogP) is 4.29. The summed E-state index contributed by atoms with van der Waals surface area (Å²) >= 11 is 1.52. The fourth-order valence-corrected chi connectivity index (χ4v) is 4.20. The van der Waals surface area contributed by atoms with Crippen LogP contribution in [0.4, 0.5) is 5.69 Å². The highest BCUT2D eigenvalue weighted by Crippen LogP contribution is 2.33. The van der Waals surface area contributed by atoms with Gasteiger partial charge in [0.15, 0.2) is 5.17 Å². The Morgan fingerprint density at radius 1 is 1.11 bits per heavy atom. The summed E-state index contributed by atoms with van der Waals surface area (Å²) in [5, 5.41) is 0.551. The summed E-state index contributed by atoms with van der Waals surface area (Å²) in [7, 11) is 1.63. The van der Waals surface area contributed by atoms with E-state index in [0.29, 0.717) is 19.6 Å². The number of rotatable bonds is 7. The van der Waals surface area contributed by atoms with Gasteiger partial charge in [0.05, 0.1) is 24.7 Å². The van der Waals surface area contributed by atoms with Gasteiger partial charge >= 0.3 is 0 Å². The fourth-order valence-electron chi connectivity index (χ4n) is 2.95. The van der Waals surface area contributed by atoms with Crippen molar-refractivity contribution in [3.05, 3.63) is 54.1 Å². The number of nitrogens with zero attached hydrogens (tertiary/aromatic N) is 2. The summed E-state index contributed by atoms with van der Waals surface area (Å²) in [4.78, 5) is 19.3. The molecule has 1 fully saturated rings. The predicted molar refractivity (Wildman–Crippen MR) is 110 cm³/mol. The summed E-state index contributed by atoms with van der Waals surface area (Å²) in [6, 6.07) is 15.4. The van der Waals surface area contributed by atoms with Crippen molar-refractivity contribution in [1.82, 2.24) is 4.90 Å². The molecule has 142 valence electrons. The zero-order valence-electron chi connectivity index (χ0n) is 15.8. The number of amidine groups is 1. The molecule has 1 aliphatic rings. The third kappa shape index (κ3) is 4.45. The van der Waals surface area contributed by atoms with Crippen LogP contribution in [0.5, 0.6) is 11.5 Å². The number of carbonyl (C=O) groups excluding carboxylic acids is 1. The smallest absolute Gasteiger partial charge is 0.242 e. The van der Waals surface area contributed by atoms with Crippen molar-refractivity contribution in [2.45, 2.75) is 25.5 Å². The second-order valence-corrected chi connectivity index (χ2v) is 7.20. The maximum absolute atomic E-state index is 12.9. The Labute approximate surface area is 164 Å². The molecule has 0 bridgehead atoms. The Morgan fingerprint density at radius 3 is 2.52 bits per heavy atom. The summed E-state index contributed by atoms with van der Waals surface area (Å²) in [5.74, 6) is 1.73. The van der Waals surface area contributed by atoms with Gasteiger partial charge in [0.2, 0.25) is 5.91 Å². The maximum atomic E-state index is 12.9. The average Bonchev–Trinajstić information content (AvgIpc) is 2.98. The molecule has 6 heteroatoms. The SMILES string of the molecule is CCOc1ccccc1C[C@H]1SC(=Nc2ccc(OC)cc2)N(CC)C1=O. The van der Waals surface area contributed by atoms with E-state index in [9.17, 15) is 4.79 Å². The van der Waals surface area contributed by atoms with E-state index in [1.54, 1.807) is 12.0 Å². The highest BCUT2D eigenvalue weighted by Gasteiger charge is 2.37. The molecule has 1 saturated heterocycles. The number of hydrogen-bond acceptors (Lipinski definition) is 5. The molecule has 2 aromatic rings. The molecule has 5 nitrogen and oxygen atoms in total. The van der Waals surface area contributed by atoms with Crippen molar-refractivity contribution in [2.24, 2.45) is 4.99 Å². The Kier molecular flexibility index (Phi) is 6.40.